The Kier molecular flexibility index (Phi) is 15.6. The average Bonchev–Trinajstić information content (AvgIpc) is 3.89. The van der Waals surface area contributed by atoms with Gasteiger partial charge < -0.3 is 36.0 Å². The molecule has 3 heterocycles. The van der Waals surface area contributed by atoms with Crippen LogP contribution in [0, 0.1) is 22.7 Å². The lowest BCUT2D eigenvalue weighted by atomic mass is 9.44. The van der Waals surface area contributed by atoms with Crippen LogP contribution in [0.2, 0.25) is 5.02 Å². The maximum Gasteiger partial charge on any atom is 0.403 e. The van der Waals surface area contributed by atoms with Crippen molar-refractivity contribution < 1.29 is 51.1 Å². The smallest absolute Gasteiger partial charge is 0.354 e. The van der Waals surface area contributed by atoms with Crippen LogP contribution < -0.4 is 21.3 Å². The molecule has 2 saturated heterocycles. The Hall–Kier alpha value is -5.27. The first-order chi connectivity index (χ1) is 33.3. The van der Waals surface area contributed by atoms with E-state index in [1.807, 2.05) is 13.8 Å². The van der Waals surface area contributed by atoms with Crippen molar-refractivity contribution in [3.63, 3.8) is 0 Å². The Morgan fingerprint density at radius 3 is 2.28 bits per heavy atom. The molecule has 21 heteroatoms. The summed E-state index contributed by atoms with van der Waals surface area (Å²) in [5.41, 5.74) is -2.69. The minimum Gasteiger partial charge on any atom is -0.354 e. The maximum atomic E-state index is 15.1. The van der Waals surface area contributed by atoms with Gasteiger partial charge in [-0.05, 0) is 119 Å². The van der Waals surface area contributed by atoms with Gasteiger partial charge in [0.05, 0.1) is 12.7 Å². The number of alkyl halides is 4. The van der Waals surface area contributed by atoms with Crippen LogP contribution in [0.15, 0.2) is 30.6 Å². The number of likely N-dealkylation sites (N-methyl/N-ethyl adjacent to an activating group) is 2. The summed E-state index contributed by atoms with van der Waals surface area (Å²) in [4.78, 5) is 103. The van der Waals surface area contributed by atoms with Crippen LogP contribution in [0.4, 0.5) is 17.6 Å². The van der Waals surface area contributed by atoms with Gasteiger partial charge in [0.25, 0.3) is 0 Å². The predicted octanol–water partition coefficient (Wildman–Crippen LogP) is 5.01. The Bertz CT molecular complexity index is 2380. The van der Waals surface area contributed by atoms with Crippen molar-refractivity contribution in [3.05, 3.63) is 41.2 Å². The zero-order chi connectivity index (χ0) is 52.0. The van der Waals surface area contributed by atoms with Crippen LogP contribution in [-0.2, 0) is 47.0 Å². The Labute approximate surface area is 417 Å². The van der Waals surface area contributed by atoms with Crippen LogP contribution in [0.1, 0.15) is 110 Å². The van der Waals surface area contributed by atoms with Gasteiger partial charge in [0, 0.05) is 57.3 Å². The summed E-state index contributed by atoms with van der Waals surface area (Å²) >= 11 is 6.51. The molecular formula is C50H68ClF4N9O7. The van der Waals surface area contributed by atoms with Gasteiger partial charge in [0.1, 0.15) is 47.3 Å². The van der Waals surface area contributed by atoms with Gasteiger partial charge in [0.15, 0.2) is 0 Å². The second kappa shape index (κ2) is 20.7. The van der Waals surface area contributed by atoms with Crippen molar-refractivity contribution in [2.24, 2.45) is 29.7 Å². The summed E-state index contributed by atoms with van der Waals surface area (Å²) in [6.45, 7) is 6.26. The molecule has 71 heavy (non-hydrogen) atoms. The Morgan fingerprint density at radius 1 is 1.00 bits per heavy atom. The van der Waals surface area contributed by atoms with E-state index in [1.54, 1.807) is 56.2 Å². The lowest BCUT2D eigenvalue weighted by Gasteiger charge is -2.60. The average molecular weight is 1020 g/mol. The molecule has 4 N–H and O–H groups in total. The van der Waals surface area contributed by atoms with Gasteiger partial charge >= 0.3 is 6.18 Å². The Balaban J connectivity index is 1.14. The molecule has 1 aromatic carbocycles. The van der Waals surface area contributed by atoms with E-state index in [0.717, 1.165) is 12.0 Å². The van der Waals surface area contributed by atoms with Gasteiger partial charge in [0.2, 0.25) is 41.4 Å². The third kappa shape index (κ3) is 11.4. The van der Waals surface area contributed by atoms with Crippen molar-refractivity contribution in [2.75, 3.05) is 27.2 Å². The Morgan fingerprint density at radius 2 is 1.69 bits per heavy atom. The molecule has 6 atom stereocenters. The third-order valence-electron chi connectivity index (χ3n) is 15.4. The molecule has 5 fully saturated rings. The van der Waals surface area contributed by atoms with Gasteiger partial charge in [-0.15, -0.1) is 0 Å². The zero-order valence-corrected chi connectivity index (χ0v) is 42.4. The summed E-state index contributed by atoms with van der Waals surface area (Å²) < 4.78 is 60.9. The molecule has 5 aliphatic rings. The topological polar surface area (TPSA) is 195 Å². The highest BCUT2D eigenvalue weighted by molar-refractivity contribution is 6.30. The second-order valence-corrected chi connectivity index (χ2v) is 22.2. The number of amides is 7. The van der Waals surface area contributed by atoms with Gasteiger partial charge in [-0.2, -0.15) is 18.3 Å². The van der Waals surface area contributed by atoms with E-state index in [9.17, 15) is 46.7 Å². The SMILES string of the molecule is CC(C)C[C@@H]1NC(=O)[C@@H](N(C)C(=O)[C@@H](NC(=O)[C@@H]2C[C@@H](F)CN2C(=O)C2(C(F)(F)F)CC3(CCC3)C2)C2CC2)CCCCNC(=O)C(C)(C)NC(=O)[C@H](Cc2cc(Cl)ccc2-c2cnn(C)c2)N(C)C1=O. The largest absolute Gasteiger partial charge is 0.403 e. The second-order valence-electron chi connectivity index (χ2n) is 21.8. The molecule has 390 valence electrons. The number of aryl methyl sites for hydroxylation is 1. The maximum absolute atomic E-state index is 15.1. The summed E-state index contributed by atoms with van der Waals surface area (Å²) in [7, 11) is 4.59. The van der Waals surface area contributed by atoms with Crippen molar-refractivity contribution in [3.8, 4) is 11.1 Å². The molecule has 0 radical (unpaired) electrons. The fourth-order valence-electron chi connectivity index (χ4n) is 11.1. The van der Waals surface area contributed by atoms with E-state index >= 15 is 4.39 Å². The number of carbonyl (C=O) groups excluding carboxylic acids is 7. The fourth-order valence-corrected chi connectivity index (χ4v) is 11.3. The quantitative estimate of drug-likeness (QED) is 0.226. The number of hydrogen-bond donors (Lipinski definition) is 4. The first-order valence-electron chi connectivity index (χ1n) is 24.8. The molecule has 3 saturated carbocycles. The predicted molar refractivity (Wildman–Crippen MR) is 255 cm³/mol. The third-order valence-corrected chi connectivity index (χ3v) is 15.7. The molecule has 16 nitrogen and oxygen atoms in total. The van der Waals surface area contributed by atoms with Crippen LogP contribution in [0.3, 0.4) is 0 Å². The highest BCUT2D eigenvalue weighted by atomic mass is 35.5. The molecule has 0 bridgehead atoms. The van der Waals surface area contributed by atoms with Gasteiger partial charge in [-0.1, -0.05) is 37.9 Å². The van der Waals surface area contributed by atoms with Crippen LogP contribution in [0.5, 0.6) is 0 Å². The van der Waals surface area contributed by atoms with Gasteiger partial charge in [-0.3, -0.25) is 38.2 Å². The minimum atomic E-state index is -4.91. The molecule has 0 unspecified atom stereocenters. The molecule has 1 aromatic heterocycles. The number of rotatable bonds is 11. The lowest BCUT2D eigenvalue weighted by molar-refractivity contribution is -0.285. The lowest BCUT2D eigenvalue weighted by Crippen LogP contribution is -2.66. The van der Waals surface area contributed by atoms with Crippen LogP contribution >= 0.6 is 11.6 Å². The number of likely N-dealkylation sites (tertiary alicyclic amines) is 1. The fraction of sp³-hybridized carbons (Fsp3) is 0.680. The van der Waals surface area contributed by atoms with Crippen LogP contribution in [-0.4, -0.2) is 141 Å². The standard InChI is InChI=1S/C50H68ClF4N9O7/c1-28(2)19-35-43(68)63(7)37(21-30-20-32(51)14-15-34(30)31-23-57-61(5)24-31)42(67)60-47(3,4)45(70)56-18-9-8-11-36(40(65)58-35)62(6)44(69)39(29-12-13-29)59-41(66)38-22-33(52)25-64(38)46(71)49(50(53,54)55)26-48(27-49)16-10-17-48/h14-15,20,23-24,28-29,33,35-39H,8-13,16-19,21-22,25-27H2,1-7H3,(H,56,70)(H,58,65)(H,59,66)(H,60,67)/t33-,35+,36+,37+,38+,39+/m1/s1. The van der Waals surface area contributed by atoms with E-state index in [2.05, 4.69) is 26.4 Å². The zero-order valence-electron chi connectivity index (χ0n) is 41.6. The monoisotopic (exact) mass is 1020 g/mol. The number of carbonyl (C=O) groups is 7. The van der Waals surface area contributed by atoms with Gasteiger partial charge in [-0.25, -0.2) is 4.39 Å². The van der Waals surface area contributed by atoms with E-state index in [-0.39, 0.29) is 31.7 Å². The van der Waals surface area contributed by atoms with E-state index in [4.69, 9.17) is 11.6 Å². The molecule has 2 aliphatic heterocycles. The summed E-state index contributed by atoms with van der Waals surface area (Å²) in [5.74, 6) is -6.01. The van der Waals surface area contributed by atoms with Crippen molar-refractivity contribution in [1.82, 2.24) is 45.7 Å². The van der Waals surface area contributed by atoms with E-state index in [0.29, 0.717) is 59.6 Å². The number of hydrogen-bond acceptors (Lipinski definition) is 8. The molecule has 7 amide bonds. The first kappa shape index (κ1) is 53.5. The number of nitrogens with zero attached hydrogens (tertiary/aromatic N) is 5. The van der Waals surface area contributed by atoms with Crippen LogP contribution in [0.25, 0.3) is 11.1 Å². The van der Waals surface area contributed by atoms with Crippen molar-refractivity contribution in [1.29, 1.82) is 0 Å². The molecule has 1 spiro atoms. The highest BCUT2D eigenvalue weighted by Gasteiger charge is 2.74. The minimum absolute atomic E-state index is 0.0534. The normalized spacial score (nSPS) is 26.5. The summed E-state index contributed by atoms with van der Waals surface area (Å²) in [5, 5.41) is 15.9. The first-order valence-corrected chi connectivity index (χ1v) is 25.2. The highest BCUT2D eigenvalue weighted by Crippen LogP contribution is 2.69. The number of halogens is 5. The van der Waals surface area contributed by atoms with Crippen molar-refractivity contribution >= 4 is 53.0 Å². The van der Waals surface area contributed by atoms with E-state index in [1.165, 1.54) is 23.9 Å². The molecule has 2 aromatic rings. The summed E-state index contributed by atoms with van der Waals surface area (Å²) in [6.07, 6.45) is -0.893. The number of aromatic nitrogens is 2. The number of benzene rings is 1. The molecule has 3 aliphatic carbocycles. The van der Waals surface area contributed by atoms with Crippen molar-refractivity contribution in [2.45, 2.75) is 159 Å². The van der Waals surface area contributed by atoms with E-state index < -0.39 is 132 Å². The number of nitrogens with one attached hydrogen (secondary N) is 4. The molecule has 7 rings (SSSR count). The molecular weight excluding hydrogens is 950 g/mol. The summed E-state index contributed by atoms with van der Waals surface area (Å²) in [6, 6.07) is -1.36.